The van der Waals surface area contributed by atoms with Gasteiger partial charge in [-0.1, -0.05) is 49.7 Å². The van der Waals surface area contributed by atoms with E-state index in [1.807, 2.05) is 6.92 Å². The van der Waals surface area contributed by atoms with Gasteiger partial charge in [-0.3, -0.25) is 8.98 Å². The Morgan fingerprint density at radius 1 is 1.00 bits per heavy atom. The van der Waals surface area contributed by atoms with Crippen LogP contribution in [0.4, 0.5) is 0 Å². The Morgan fingerprint density at radius 3 is 2.26 bits per heavy atom. The van der Waals surface area contributed by atoms with E-state index in [0.717, 1.165) is 5.56 Å². The second-order valence-corrected chi connectivity index (χ2v) is 14.6. The molecule has 12 heteroatoms. The molecule has 46 heavy (non-hydrogen) atoms. The maximum atomic E-state index is 14.7. The van der Waals surface area contributed by atoms with E-state index in [9.17, 15) is 34.2 Å². The van der Waals surface area contributed by atoms with Gasteiger partial charge in [0.05, 0.1) is 35.9 Å². The van der Waals surface area contributed by atoms with Crippen molar-refractivity contribution in [2.24, 2.45) is 16.7 Å². The lowest BCUT2D eigenvalue weighted by Crippen LogP contribution is -2.81. The summed E-state index contributed by atoms with van der Waals surface area (Å²) in [4.78, 5) is 28.5. The van der Waals surface area contributed by atoms with Gasteiger partial charge in [0.25, 0.3) is 0 Å². The number of aliphatic hydroxyl groups is 4. The highest BCUT2D eigenvalue weighted by molar-refractivity contribution is 7.75. The molecule has 1 aliphatic heterocycles. The molecule has 2 aromatic carbocycles. The molecule has 9 unspecified atom stereocenters. The van der Waals surface area contributed by atoms with E-state index in [4.69, 9.17) is 17.8 Å². The summed E-state index contributed by atoms with van der Waals surface area (Å²) in [7, 11) is 0. The van der Waals surface area contributed by atoms with Crippen LogP contribution in [0.2, 0.25) is 0 Å². The van der Waals surface area contributed by atoms with Crippen molar-refractivity contribution in [1.29, 1.82) is 0 Å². The van der Waals surface area contributed by atoms with Crippen LogP contribution in [0.15, 0.2) is 65.7 Å². The zero-order valence-corrected chi connectivity index (χ0v) is 27.2. The molecule has 10 atom stereocenters. The maximum absolute atomic E-state index is 14.7. The molecule has 11 nitrogen and oxygen atoms in total. The van der Waals surface area contributed by atoms with E-state index in [-0.39, 0.29) is 36.3 Å². The quantitative estimate of drug-likeness (QED) is 0.266. The number of hydrogen-bond acceptors (Lipinski definition) is 11. The summed E-state index contributed by atoms with van der Waals surface area (Å²) in [6.45, 7) is 7.87. The standard InChI is InChI=1S/C34H40O11S/c1-18-11-13-21(14-12-18)44-46(41)45-23-15-24-33(39,17-42-24)27-29(43-30(38)20-9-7-6-8-10-20)34(40)16-22(35)19(2)25(31(34,3)4)26(36)28(37)32(23,27)5/h6-14,22-24,26-27,29,35-36,39-40H,15-17H2,1-5H3/t22?,23?,24?,26?,27?,29?,32-,33?,34?,46?/m1/s1. The number of rotatable bonds is 6. The van der Waals surface area contributed by atoms with Crippen LogP contribution in [-0.4, -0.2) is 84.7 Å². The molecule has 2 saturated carbocycles. The number of hydrogen-bond donors (Lipinski definition) is 4. The first kappa shape index (κ1) is 33.0. The van der Waals surface area contributed by atoms with Crippen molar-refractivity contribution >= 4 is 23.1 Å². The number of benzene rings is 2. The minimum atomic E-state index is -2.46. The summed E-state index contributed by atoms with van der Waals surface area (Å²) in [6, 6.07) is 14.8. The van der Waals surface area contributed by atoms with E-state index < -0.39 is 81.6 Å². The lowest BCUT2D eigenvalue weighted by molar-refractivity contribution is -0.341. The van der Waals surface area contributed by atoms with Crippen LogP contribution < -0.4 is 4.18 Å². The van der Waals surface area contributed by atoms with Gasteiger partial charge in [0.1, 0.15) is 29.2 Å². The number of ether oxygens (including phenoxy) is 2. The highest BCUT2D eigenvalue weighted by atomic mass is 32.2. The summed E-state index contributed by atoms with van der Waals surface area (Å²) in [5.74, 6) is -2.84. The predicted molar refractivity (Wildman–Crippen MR) is 164 cm³/mol. The molecule has 3 fully saturated rings. The van der Waals surface area contributed by atoms with E-state index in [1.54, 1.807) is 63.2 Å². The van der Waals surface area contributed by atoms with Gasteiger partial charge in [0.15, 0.2) is 5.78 Å². The molecule has 4 N–H and O–H groups in total. The molecule has 0 amide bonds. The van der Waals surface area contributed by atoms with Crippen LogP contribution in [0.1, 0.15) is 56.5 Å². The summed E-state index contributed by atoms with van der Waals surface area (Å²) < 4.78 is 36.7. The zero-order valence-electron chi connectivity index (χ0n) is 26.3. The second-order valence-electron chi connectivity index (χ2n) is 13.8. The number of carbonyl (C=O) groups excluding carboxylic acids is 2. The third-order valence-electron chi connectivity index (χ3n) is 11.0. The first-order valence-electron chi connectivity index (χ1n) is 15.3. The third kappa shape index (κ3) is 4.80. The number of aliphatic hydroxyl groups excluding tert-OH is 2. The monoisotopic (exact) mass is 656 g/mol. The molecule has 1 saturated heterocycles. The van der Waals surface area contributed by atoms with Gasteiger partial charge in [-0.2, -0.15) is 4.21 Å². The molecule has 2 aromatic rings. The minimum absolute atomic E-state index is 0.0777. The fourth-order valence-corrected chi connectivity index (χ4v) is 8.95. The van der Waals surface area contributed by atoms with Gasteiger partial charge in [-0.05, 0) is 56.2 Å². The van der Waals surface area contributed by atoms with Crippen LogP contribution in [0.3, 0.4) is 0 Å². The first-order chi connectivity index (χ1) is 21.6. The molecule has 0 aromatic heterocycles. The molecule has 2 bridgehead atoms. The zero-order chi connectivity index (χ0) is 33.4. The Hall–Kier alpha value is -2.97. The summed E-state index contributed by atoms with van der Waals surface area (Å²) in [6.07, 6.45) is -7.50. The van der Waals surface area contributed by atoms with Crippen molar-refractivity contribution in [3.63, 3.8) is 0 Å². The molecule has 1 heterocycles. The number of aryl methyl sites for hydroxylation is 1. The van der Waals surface area contributed by atoms with Crippen LogP contribution in [0.5, 0.6) is 5.75 Å². The maximum Gasteiger partial charge on any atom is 0.360 e. The highest BCUT2D eigenvalue weighted by Gasteiger charge is 2.76. The topological polar surface area (TPSA) is 169 Å². The largest absolute Gasteiger partial charge is 0.455 e. The number of Topliss-reactive ketones (excluding diaryl/α,β-unsaturated/α-hetero) is 1. The molecule has 4 aliphatic rings. The Bertz CT molecular complexity index is 1590. The average molecular weight is 657 g/mol. The van der Waals surface area contributed by atoms with Crippen molar-refractivity contribution in [2.45, 2.75) is 89.2 Å². The molecule has 0 radical (unpaired) electrons. The van der Waals surface area contributed by atoms with Crippen molar-refractivity contribution in [2.75, 3.05) is 6.61 Å². The van der Waals surface area contributed by atoms with Crippen LogP contribution in [0, 0.1) is 23.7 Å². The van der Waals surface area contributed by atoms with Crippen molar-refractivity contribution in [3.05, 3.63) is 76.9 Å². The first-order valence-corrected chi connectivity index (χ1v) is 16.3. The van der Waals surface area contributed by atoms with Gasteiger partial charge in [0, 0.05) is 24.2 Å². The smallest absolute Gasteiger partial charge is 0.360 e. The van der Waals surface area contributed by atoms with Gasteiger partial charge in [-0.25, -0.2) is 4.79 Å². The normalized spacial score (nSPS) is 38.8. The van der Waals surface area contributed by atoms with Crippen molar-refractivity contribution in [1.82, 2.24) is 0 Å². The van der Waals surface area contributed by atoms with Gasteiger partial charge >= 0.3 is 17.3 Å². The van der Waals surface area contributed by atoms with Gasteiger partial charge < -0.3 is 34.1 Å². The number of carbonyl (C=O) groups is 2. The van der Waals surface area contributed by atoms with Crippen LogP contribution in [0.25, 0.3) is 0 Å². The molecular formula is C34H40O11S. The lowest BCUT2D eigenvalue weighted by atomic mass is 9.45. The lowest BCUT2D eigenvalue weighted by Gasteiger charge is -2.67. The summed E-state index contributed by atoms with van der Waals surface area (Å²) >= 11 is -2.46. The van der Waals surface area contributed by atoms with Gasteiger partial charge in [0.2, 0.25) is 0 Å². The van der Waals surface area contributed by atoms with Crippen molar-refractivity contribution < 1.29 is 52.1 Å². The second kappa shape index (κ2) is 11.3. The number of esters is 1. The Morgan fingerprint density at radius 2 is 1.65 bits per heavy atom. The molecule has 3 aliphatic carbocycles. The van der Waals surface area contributed by atoms with E-state index in [2.05, 4.69) is 0 Å². The average Bonchev–Trinajstić information content (AvgIpc) is 3.00. The predicted octanol–water partition coefficient (Wildman–Crippen LogP) is 2.50. The SMILES string of the molecule is CC1=C2C(O)C(=O)[C@]3(C)C(OS(=O)Oc4ccc(C)cc4)CC4OCC4(O)C3C(OC(=O)c3ccccc3)C(O)(CC1O)C2(C)C. The van der Waals surface area contributed by atoms with Crippen LogP contribution in [-0.2, 0) is 29.8 Å². The molecular weight excluding hydrogens is 616 g/mol. The third-order valence-corrected chi connectivity index (χ3v) is 11.7. The van der Waals surface area contributed by atoms with Gasteiger partial charge in [-0.15, -0.1) is 0 Å². The Labute approximate surface area is 270 Å². The molecule has 248 valence electrons. The fraction of sp³-hybridized carbons (Fsp3) is 0.529. The van der Waals surface area contributed by atoms with E-state index in [0.29, 0.717) is 5.57 Å². The molecule has 0 spiro atoms. The fourth-order valence-electron chi connectivity index (χ4n) is 8.17. The van der Waals surface area contributed by atoms with E-state index in [1.165, 1.54) is 19.1 Å². The molecule has 6 rings (SSSR count). The number of fused-ring (bicyclic) bond motifs is 5. The van der Waals surface area contributed by atoms with Crippen LogP contribution >= 0.6 is 0 Å². The highest BCUT2D eigenvalue weighted by Crippen LogP contribution is 2.63. The number of ketones is 1. The Kier molecular flexibility index (Phi) is 8.11. The van der Waals surface area contributed by atoms with Crippen molar-refractivity contribution in [3.8, 4) is 5.75 Å². The summed E-state index contributed by atoms with van der Waals surface area (Å²) in [5, 5.41) is 48.1. The summed E-state index contributed by atoms with van der Waals surface area (Å²) in [5.41, 5.74) is -5.81. The van der Waals surface area contributed by atoms with E-state index >= 15 is 0 Å². The Balaban J connectivity index is 1.51. The minimum Gasteiger partial charge on any atom is -0.455 e.